The summed E-state index contributed by atoms with van der Waals surface area (Å²) in [4.78, 5) is 0. The minimum atomic E-state index is 0.940. The van der Waals surface area contributed by atoms with E-state index in [4.69, 9.17) is 4.74 Å². The van der Waals surface area contributed by atoms with Crippen LogP contribution < -0.4 is 10.1 Å². The van der Waals surface area contributed by atoms with Gasteiger partial charge in [-0.2, -0.15) is 0 Å². The number of unbranched alkanes of at least 4 members (excludes halogenated alkanes) is 7. The molecule has 0 amide bonds. The van der Waals surface area contributed by atoms with Crippen molar-refractivity contribution < 1.29 is 4.74 Å². The van der Waals surface area contributed by atoms with E-state index < -0.39 is 0 Å². The van der Waals surface area contributed by atoms with Gasteiger partial charge in [0, 0.05) is 6.54 Å². The van der Waals surface area contributed by atoms with Crippen molar-refractivity contribution in [1.29, 1.82) is 0 Å². The topological polar surface area (TPSA) is 21.3 Å². The number of aryl methyl sites for hydroxylation is 1. The highest BCUT2D eigenvalue weighted by Crippen LogP contribution is 2.25. The Morgan fingerprint density at radius 1 is 0.950 bits per heavy atom. The lowest BCUT2D eigenvalue weighted by molar-refractivity contribution is 0.416. The lowest BCUT2D eigenvalue weighted by Crippen LogP contribution is -2.03. The zero-order valence-electron chi connectivity index (χ0n) is 13.5. The average Bonchev–Trinajstić information content (AvgIpc) is 2.46. The first-order chi connectivity index (χ1) is 9.77. The van der Waals surface area contributed by atoms with Gasteiger partial charge < -0.3 is 10.1 Å². The fraction of sp³-hybridized carbons (Fsp3) is 0.667. The maximum atomic E-state index is 5.37. The van der Waals surface area contributed by atoms with Crippen LogP contribution in [0, 0.1) is 6.92 Å². The fourth-order valence-electron chi connectivity index (χ4n) is 2.44. The van der Waals surface area contributed by atoms with Gasteiger partial charge in [-0.3, -0.25) is 0 Å². The maximum absolute atomic E-state index is 5.37. The van der Waals surface area contributed by atoms with E-state index in [0.29, 0.717) is 0 Å². The van der Waals surface area contributed by atoms with Crippen LogP contribution in [0.3, 0.4) is 0 Å². The highest BCUT2D eigenvalue weighted by Gasteiger charge is 2.01. The molecule has 1 N–H and O–H groups in total. The molecule has 1 rings (SSSR count). The van der Waals surface area contributed by atoms with E-state index in [1.807, 2.05) is 6.07 Å². The molecule has 0 spiro atoms. The van der Waals surface area contributed by atoms with Crippen molar-refractivity contribution in [1.82, 2.24) is 0 Å². The number of hydrogen-bond acceptors (Lipinski definition) is 2. The molecule has 0 aliphatic rings. The van der Waals surface area contributed by atoms with Crippen molar-refractivity contribution in [2.75, 3.05) is 19.0 Å². The smallest absolute Gasteiger partial charge is 0.141 e. The monoisotopic (exact) mass is 277 g/mol. The summed E-state index contributed by atoms with van der Waals surface area (Å²) in [6.45, 7) is 5.42. The normalized spacial score (nSPS) is 10.6. The molecule has 0 saturated carbocycles. The summed E-state index contributed by atoms with van der Waals surface area (Å²) < 4.78 is 5.37. The molecule has 0 unspecified atom stereocenters. The van der Waals surface area contributed by atoms with E-state index in [2.05, 4.69) is 31.3 Å². The molecule has 0 radical (unpaired) electrons. The highest BCUT2D eigenvalue weighted by atomic mass is 16.5. The van der Waals surface area contributed by atoms with Gasteiger partial charge in [-0.05, 0) is 31.0 Å². The minimum absolute atomic E-state index is 0.940. The number of rotatable bonds is 11. The quantitative estimate of drug-likeness (QED) is 0.535. The van der Waals surface area contributed by atoms with Crippen molar-refractivity contribution >= 4 is 5.69 Å². The SMILES string of the molecule is CCCCCCCCCCNc1cc(C)ccc1OC. The molecule has 0 aliphatic carbocycles. The molecule has 1 aromatic carbocycles. The Labute approximate surface area is 124 Å². The van der Waals surface area contributed by atoms with Gasteiger partial charge in [0.2, 0.25) is 0 Å². The molecular formula is C18H31NO. The van der Waals surface area contributed by atoms with Gasteiger partial charge in [0.15, 0.2) is 0 Å². The van der Waals surface area contributed by atoms with Gasteiger partial charge in [0.05, 0.1) is 12.8 Å². The molecular weight excluding hydrogens is 246 g/mol. The van der Waals surface area contributed by atoms with Gasteiger partial charge >= 0.3 is 0 Å². The molecule has 20 heavy (non-hydrogen) atoms. The molecule has 0 heterocycles. The lowest BCUT2D eigenvalue weighted by atomic mass is 10.1. The first-order valence-corrected chi connectivity index (χ1v) is 8.16. The number of hydrogen-bond donors (Lipinski definition) is 1. The van der Waals surface area contributed by atoms with Crippen LogP contribution in [-0.4, -0.2) is 13.7 Å². The van der Waals surface area contributed by atoms with Gasteiger partial charge in [-0.15, -0.1) is 0 Å². The fourth-order valence-corrected chi connectivity index (χ4v) is 2.44. The van der Waals surface area contributed by atoms with Crippen molar-refractivity contribution in [3.05, 3.63) is 23.8 Å². The third kappa shape index (κ3) is 6.83. The lowest BCUT2D eigenvalue weighted by Gasteiger charge is -2.11. The van der Waals surface area contributed by atoms with Crippen molar-refractivity contribution in [2.24, 2.45) is 0 Å². The van der Waals surface area contributed by atoms with E-state index >= 15 is 0 Å². The number of methoxy groups -OCH3 is 1. The maximum Gasteiger partial charge on any atom is 0.141 e. The summed E-state index contributed by atoms with van der Waals surface area (Å²) in [6, 6.07) is 6.27. The van der Waals surface area contributed by atoms with Crippen LogP contribution in [0.15, 0.2) is 18.2 Å². The summed E-state index contributed by atoms with van der Waals surface area (Å²) in [5, 5.41) is 3.49. The Balaban J connectivity index is 2.10. The summed E-state index contributed by atoms with van der Waals surface area (Å²) in [6.07, 6.45) is 10.9. The van der Waals surface area contributed by atoms with Gasteiger partial charge in [0.1, 0.15) is 5.75 Å². The van der Waals surface area contributed by atoms with Crippen LogP contribution in [0.5, 0.6) is 5.75 Å². The second-order valence-corrected chi connectivity index (χ2v) is 5.61. The van der Waals surface area contributed by atoms with Crippen LogP contribution in [0.2, 0.25) is 0 Å². The summed E-state index contributed by atoms with van der Waals surface area (Å²) in [5.74, 6) is 0.940. The number of anilines is 1. The van der Waals surface area contributed by atoms with Crippen molar-refractivity contribution in [3.8, 4) is 5.75 Å². The minimum Gasteiger partial charge on any atom is -0.495 e. The number of ether oxygens (including phenoxy) is 1. The van der Waals surface area contributed by atoms with Gasteiger partial charge in [0.25, 0.3) is 0 Å². The Morgan fingerprint density at radius 2 is 1.60 bits per heavy atom. The molecule has 2 heteroatoms. The van der Waals surface area contributed by atoms with Crippen LogP contribution >= 0.6 is 0 Å². The van der Waals surface area contributed by atoms with Crippen LogP contribution in [-0.2, 0) is 0 Å². The first kappa shape index (κ1) is 16.9. The summed E-state index contributed by atoms with van der Waals surface area (Å²) in [5.41, 5.74) is 2.39. The van der Waals surface area contributed by atoms with E-state index in [1.165, 1.54) is 56.9 Å². The largest absolute Gasteiger partial charge is 0.495 e. The highest BCUT2D eigenvalue weighted by molar-refractivity contribution is 5.57. The molecule has 114 valence electrons. The molecule has 0 aliphatic heterocycles. The van der Waals surface area contributed by atoms with E-state index in [0.717, 1.165) is 18.0 Å². The molecule has 0 bridgehead atoms. The molecule has 0 aromatic heterocycles. The van der Waals surface area contributed by atoms with E-state index in [1.54, 1.807) is 7.11 Å². The Morgan fingerprint density at radius 3 is 2.25 bits per heavy atom. The second-order valence-electron chi connectivity index (χ2n) is 5.61. The Kier molecular flexibility index (Phi) is 8.93. The van der Waals surface area contributed by atoms with Crippen LogP contribution in [0.25, 0.3) is 0 Å². The number of nitrogens with one attached hydrogen (secondary N) is 1. The summed E-state index contributed by atoms with van der Waals surface area (Å²) in [7, 11) is 1.73. The Bertz CT molecular complexity index is 362. The standard InChI is InChI=1S/C18H31NO/c1-4-5-6-7-8-9-10-11-14-19-17-15-16(2)12-13-18(17)20-3/h12-13,15,19H,4-11,14H2,1-3H3. The van der Waals surface area contributed by atoms with E-state index in [9.17, 15) is 0 Å². The third-order valence-electron chi connectivity index (χ3n) is 3.70. The molecule has 0 atom stereocenters. The molecule has 0 saturated heterocycles. The van der Waals surface area contributed by atoms with Gasteiger partial charge in [-0.25, -0.2) is 0 Å². The summed E-state index contributed by atoms with van der Waals surface area (Å²) >= 11 is 0. The zero-order valence-corrected chi connectivity index (χ0v) is 13.5. The van der Waals surface area contributed by atoms with Crippen molar-refractivity contribution in [2.45, 2.75) is 65.2 Å². The first-order valence-electron chi connectivity index (χ1n) is 8.16. The predicted molar refractivity (Wildman–Crippen MR) is 88.8 cm³/mol. The molecule has 1 aromatic rings. The van der Waals surface area contributed by atoms with Crippen LogP contribution in [0.1, 0.15) is 63.9 Å². The van der Waals surface area contributed by atoms with Crippen molar-refractivity contribution in [3.63, 3.8) is 0 Å². The van der Waals surface area contributed by atoms with Gasteiger partial charge in [-0.1, -0.05) is 57.9 Å². The third-order valence-corrected chi connectivity index (χ3v) is 3.70. The molecule has 2 nitrogen and oxygen atoms in total. The van der Waals surface area contributed by atoms with E-state index in [-0.39, 0.29) is 0 Å². The number of benzene rings is 1. The average molecular weight is 277 g/mol. The second kappa shape index (κ2) is 10.6. The predicted octanol–water partition coefficient (Wildman–Crippen LogP) is 5.56. The zero-order chi connectivity index (χ0) is 14.6. The molecule has 0 fully saturated rings. The Hall–Kier alpha value is -1.18. The van der Waals surface area contributed by atoms with Crippen LogP contribution in [0.4, 0.5) is 5.69 Å².